The highest BCUT2D eigenvalue weighted by Gasteiger charge is 2.24. The Morgan fingerprint density at radius 1 is 1.30 bits per heavy atom. The fourth-order valence-corrected chi connectivity index (χ4v) is 2.19. The minimum Gasteiger partial charge on any atom is -0.335 e. The summed E-state index contributed by atoms with van der Waals surface area (Å²) in [5, 5.41) is 8.42. The number of piperazine rings is 1. The summed E-state index contributed by atoms with van der Waals surface area (Å²) >= 11 is 0. The number of hydrogen-bond donors (Lipinski definition) is 3. The molecule has 0 radical (unpaired) electrons. The van der Waals surface area contributed by atoms with Crippen LogP contribution in [0.3, 0.4) is 0 Å². The first kappa shape index (κ1) is 15.2. The summed E-state index contributed by atoms with van der Waals surface area (Å²) in [5.74, 6) is -0.244. The molecule has 20 heavy (non-hydrogen) atoms. The second-order valence-corrected chi connectivity index (χ2v) is 5.63. The molecule has 0 bridgehead atoms. The number of carbonyl (C=O) groups excluding carboxylic acids is 2. The number of rotatable bonds is 6. The average Bonchev–Trinajstić information content (AvgIpc) is 3.21. The number of urea groups is 1. The van der Waals surface area contributed by atoms with Crippen molar-refractivity contribution >= 4 is 11.9 Å². The second kappa shape index (κ2) is 7.56. The molecule has 7 heteroatoms. The Hall–Kier alpha value is -1.18. The van der Waals surface area contributed by atoms with E-state index in [4.69, 9.17) is 0 Å². The van der Waals surface area contributed by atoms with Crippen molar-refractivity contribution in [1.82, 2.24) is 25.8 Å². The van der Waals surface area contributed by atoms with Crippen molar-refractivity contribution in [3.05, 3.63) is 0 Å². The molecule has 1 saturated carbocycles. The van der Waals surface area contributed by atoms with E-state index >= 15 is 0 Å². The highest BCUT2D eigenvalue weighted by molar-refractivity contribution is 5.95. The highest BCUT2D eigenvalue weighted by atomic mass is 16.2. The maximum absolute atomic E-state index is 11.7. The first-order chi connectivity index (χ1) is 9.63. The van der Waals surface area contributed by atoms with Gasteiger partial charge in [-0.25, -0.2) is 4.79 Å². The van der Waals surface area contributed by atoms with Crippen LogP contribution in [0.1, 0.15) is 12.8 Å². The van der Waals surface area contributed by atoms with Crippen molar-refractivity contribution in [3.63, 3.8) is 0 Å². The molecule has 7 nitrogen and oxygen atoms in total. The molecule has 1 aliphatic carbocycles. The van der Waals surface area contributed by atoms with Gasteiger partial charge in [0, 0.05) is 45.3 Å². The van der Waals surface area contributed by atoms with Crippen LogP contribution in [0.15, 0.2) is 0 Å². The number of imide groups is 1. The van der Waals surface area contributed by atoms with Crippen LogP contribution in [0, 0.1) is 0 Å². The minimum atomic E-state index is -0.368. The lowest BCUT2D eigenvalue weighted by Crippen LogP contribution is -2.48. The molecule has 1 heterocycles. The Morgan fingerprint density at radius 3 is 2.65 bits per heavy atom. The van der Waals surface area contributed by atoms with E-state index in [1.165, 1.54) is 0 Å². The standard InChI is InChI=1S/C13H25N5O2/c1-17(8-9-18-6-4-14-5-7-18)10-12(19)16-13(20)15-11-2-3-11/h11,14H,2-10H2,1H3,(H2,15,16,19,20). The SMILES string of the molecule is CN(CCN1CCNCC1)CC(=O)NC(=O)NC1CC1. The van der Waals surface area contributed by atoms with Gasteiger partial charge < -0.3 is 10.6 Å². The first-order valence-corrected chi connectivity index (χ1v) is 7.35. The zero-order valence-corrected chi connectivity index (χ0v) is 12.2. The molecule has 0 unspecified atom stereocenters. The molecule has 2 fully saturated rings. The number of carbonyl (C=O) groups is 2. The van der Waals surface area contributed by atoms with E-state index in [-0.39, 0.29) is 24.5 Å². The van der Waals surface area contributed by atoms with Gasteiger partial charge >= 0.3 is 6.03 Å². The van der Waals surface area contributed by atoms with Crippen LogP contribution in [-0.4, -0.2) is 80.6 Å². The van der Waals surface area contributed by atoms with E-state index in [0.717, 1.165) is 52.1 Å². The van der Waals surface area contributed by atoms with Crippen LogP contribution in [-0.2, 0) is 4.79 Å². The van der Waals surface area contributed by atoms with Crippen molar-refractivity contribution in [2.75, 3.05) is 52.9 Å². The van der Waals surface area contributed by atoms with E-state index in [1.807, 2.05) is 11.9 Å². The lowest BCUT2D eigenvalue weighted by Gasteiger charge is -2.28. The minimum absolute atomic E-state index is 0.244. The van der Waals surface area contributed by atoms with Gasteiger partial charge in [-0.15, -0.1) is 0 Å². The fourth-order valence-electron chi connectivity index (χ4n) is 2.19. The topological polar surface area (TPSA) is 76.7 Å². The van der Waals surface area contributed by atoms with E-state index in [0.29, 0.717) is 0 Å². The van der Waals surface area contributed by atoms with E-state index in [9.17, 15) is 9.59 Å². The average molecular weight is 283 g/mol. The Balaban J connectivity index is 1.56. The van der Waals surface area contributed by atoms with Crippen LogP contribution < -0.4 is 16.0 Å². The number of hydrogen-bond acceptors (Lipinski definition) is 5. The molecule has 0 spiro atoms. The van der Waals surface area contributed by atoms with Crippen LogP contribution in [0.4, 0.5) is 4.79 Å². The third-order valence-corrected chi connectivity index (χ3v) is 3.59. The molecular weight excluding hydrogens is 258 g/mol. The first-order valence-electron chi connectivity index (χ1n) is 7.35. The van der Waals surface area contributed by atoms with Crippen LogP contribution in [0.25, 0.3) is 0 Å². The smallest absolute Gasteiger partial charge is 0.321 e. The zero-order valence-electron chi connectivity index (χ0n) is 12.2. The molecule has 0 aromatic rings. The van der Waals surface area contributed by atoms with Crippen molar-refractivity contribution < 1.29 is 9.59 Å². The lowest BCUT2D eigenvalue weighted by atomic mass is 10.3. The maximum Gasteiger partial charge on any atom is 0.321 e. The molecule has 1 saturated heterocycles. The van der Waals surface area contributed by atoms with Gasteiger partial charge in [0.2, 0.25) is 5.91 Å². The molecular formula is C13H25N5O2. The highest BCUT2D eigenvalue weighted by Crippen LogP contribution is 2.18. The monoisotopic (exact) mass is 283 g/mol. The van der Waals surface area contributed by atoms with Crippen molar-refractivity contribution in [3.8, 4) is 0 Å². The molecule has 1 aliphatic heterocycles. The van der Waals surface area contributed by atoms with Gasteiger partial charge in [-0.2, -0.15) is 0 Å². The summed E-state index contributed by atoms with van der Waals surface area (Å²) in [6, 6.07) is -0.0961. The van der Waals surface area contributed by atoms with Crippen molar-refractivity contribution in [2.24, 2.45) is 0 Å². The van der Waals surface area contributed by atoms with E-state index in [2.05, 4.69) is 20.9 Å². The predicted molar refractivity (Wildman–Crippen MR) is 76.5 cm³/mol. The maximum atomic E-state index is 11.7. The summed E-state index contributed by atoms with van der Waals surface area (Å²) in [7, 11) is 1.90. The van der Waals surface area contributed by atoms with Crippen LogP contribution >= 0.6 is 0 Å². The summed E-state index contributed by atoms with van der Waals surface area (Å²) in [6.07, 6.45) is 2.04. The van der Waals surface area contributed by atoms with Gasteiger partial charge in [0.05, 0.1) is 6.54 Å². The van der Waals surface area contributed by atoms with Crippen molar-refractivity contribution in [2.45, 2.75) is 18.9 Å². The number of likely N-dealkylation sites (N-methyl/N-ethyl adjacent to an activating group) is 1. The summed E-state index contributed by atoms with van der Waals surface area (Å²) in [4.78, 5) is 27.4. The lowest BCUT2D eigenvalue weighted by molar-refractivity contribution is -0.120. The van der Waals surface area contributed by atoms with Gasteiger partial charge in [-0.05, 0) is 19.9 Å². The molecule has 2 aliphatic rings. The third-order valence-electron chi connectivity index (χ3n) is 3.59. The number of nitrogens with zero attached hydrogens (tertiary/aromatic N) is 2. The summed E-state index contributed by atoms with van der Waals surface area (Å²) < 4.78 is 0. The molecule has 0 aromatic carbocycles. The number of nitrogens with one attached hydrogen (secondary N) is 3. The van der Waals surface area contributed by atoms with Gasteiger partial charge in [0.1, 0.15) is 0 Å². The molecule has 2 rings (SSSR count). The fraction of sp³-hybridized carbons (Fsp3) is 0.846. The quantitative estimate of drug-likeness (QED) is 0.571. The van der Waals surface area contributed by atoms with Gasteiger partial charge in [0.25, 0.3) is 0 Å². The largest absolute Gasteiger partial charge is 0.335 e. The summed E-state index contributed by atoms with van der Waals surface area (Å²) in [6.45, 7) is 6.23. The van der Waals surface area contributed by atoms with Crippen molar-refractivity contribution in [1.29, 1.82) is 0 Å². The normalized spacial score (nSPS) is 19.9. The molecule has 3 N–H and O–H groups in total. The molecule has 114 valence electrons. The Morgan fingerprint density at radius 2 is 2.00 bits per heavy atom. The predicted octanol–water partition coefficient (Wildman–Crippen LogP) is -1.19. The van der Waals surface area contributed by atoms with Crippen LogP contribution in [0.2, 0.25) is 0 Å². The number of amides is 3. The van der Waals surface area contributed by atoms with Gasteiger partial charge in [-0.3, -0.25) is 19.9 Å². The molecule has 0 atom stereocenters. The van der Waals surface area contributed by atoms with E-state index in [1.54, 1.807) is 0 Å². The Kier molecular flexibility index (Phi) is 5.75. The Bertz CT molecular complexity index is 340. The van der Waals surface area contributed by atoms with Gasteiger partial charge in [0.15, 0.2) is 0 Å². The molecule has 0 aromatic heterocycles. The zero-order chi connectivity index (χ0) is 14.4. The molecule has 3 amide bonds. The summed E-state index contributed by atoms with van der Waals surface area (Å²) in [5.41, 5.74) is 0. The third kappa shape index (κ3) is 5.85. The van der Waals surface area contributed by atoms with Gasteiger partial charge in [-0.1, -0.05) is 0 Å². The second-order valence-electron chi connectivity index (χ2n) is 5.63. The van der Waals surface area contributed by atoms with E-state index < -0.39 is 0 Å². The Labute approximate surface area is 120 Å². The van der Waals surface area contributed by atoms with Crippen LogP contribution in [0.5, 0.6) is 0 Å².